The van der Waals surface area contributed by atoms with Crippen LogP contribution in [0.15, 0.2) is 246 Å². The van der Waals surface area contributed by atoms with Gasteiger partial charge in [0, 0.05) is 52.0 Å². The van der Waals surface area contributed by atoms with E-state index in [1.54, 1.807) is 26.7 Å². The van der Waals surface area contributed by atoms with Crippen LogP contribution in [0, 0.1) is 0 Å². The highest BCUT2D eigenvalue weighted by Crippen LogP contribution is 2.45. The third-order valence-corrected chi connectivity index (χ3v) is 14.7. The largest absolute Gasteiger partial charge is 0.481 e. The van der Waals surface area contributed by atoms with E-state index in [4.69, 9.17) is 28.3 Å². The van der Waals surface area contributed by atoms with Gasteiger partial charge in [-0.05, 0) is 168 Å². The predicted molar refractivity (Wildman–Crippen MR) is 330 cm³/mol. The fraction of sp³-hybridized carbons (Fsp3) is 0.139. The molecular formula is C72H64N4O4. The maximum atomic E-state index is 5.99. The lowest BCUT2D eigenvalue weighted by Crippen LogP contribution is -2.14. The summed E-state index contributed by atoms with van der Waals surface area (Å²) >= 11 is 0. The minimum Gasteiger partial charge on any atom is -0.481 e. The SMILES string of the molecule is COc1nc2ccc(-c3ccco3)cc2cc1/C(=C(/CCN(C)C)c1cccc2ccccc12)c1ccccc1.COc1nc2ccc(-c3ccco3)cc2cc1C(/C(=C/CN(C)C)c1cccc2ccccc12)c1ccccc1. The number of nitrogens with zero attached hydrogens (tertiary/aromatic N) is 4. The Hall–Kier alpha value is -9.34. The summed E-state index contributed by atoms with van der Waals surface area (Å²) in [6, 6.07) is 76.3. The number of hydrogen-bond acceptors (Lipinski definition) is 8. The first-order chi connectivity index (χ1) is 39.2. The molecule has 0 spiro atoms. The molecule has 0 aliphatic heterocycles. The minimum absolute atomic E-state index is 0.105. The number of methoxy groups -OCH3 is 2. The number of ether oxygens (including phenoxy) is 2. The highest BCUT2D eigenvalue weighted by atomic mass is 16.5. The van der Waals surface area contributed by atoms with E-state index in [0.717, 1.165) is 86.2 Å². The van der Waals surface area contributed by atoms with Crippen LogP contribution in [0.25, 0.3) is 82.7 Å². The Morgan fingerprint density at radius 3 is 1.60 bits per heavy atom. The zero-order valence-electron chi connectivity index (χ0n) is 46.1. The van der Waals surface area contributed by atoms with Crippen molar-refractivity contribution in [1.29, 1.82) is 0 Å². The molecule has 0 saturated carbocycles. The van der Waals surface area contributed by atoms with Crippen molar-refractivity contribution in [2.24, 2.45) is 0 Å². The van der Waals surface area contributed by atoms with Gasteiger partial charge in [0.25, 0.3) is 0 Å². The molecule has 8 heteroatoms. The Labute approximate surface area is 468 Å². The number of fused-ring (bicyclic) bond motifs is 4. The number of aromatic nitrogens is 2. The Bertz CT molecular complexity index is 4120. The van der Waals surface area contributed by atoms with Crippen LogP contribution in [0.5, 0.6) is 11.8 Å². The monoisotopic (exact) mass is 1050 g/mol. The molecule has 8 aromatic carbocycles. The second kappa shape index (κ2) is 24.1. The number of allylic oxidation sites excluding steroid dienone is 1. The van der Waals surface area contributed by atoms with Crippen LogP contribution in [0.3, 0.4) is 0 Å². The van der Waals surface area contributed by atoms with Gasteiger partial charge in [0.15, 0.2) is 0 Å². The summed E-state index contributed by atoms with van der Waals surface area (Å²) in [5.41, 5.74) is 14.2. The van der Waals surface area contributed by atoms with E-state index in [9.17, 15) is 0 Å². The van der Waals surface area contributed by atoms with Gasteiger partial charge < -0.3 is 28.1 Å². The molecule has 0 fully saturated rings. The Morgan fingerprint density at radius 2 is 1.02 bits per heavy atom. The van der Waals surface area contributed by atoms with E-state index in [2.05, 4.69) is 214 Å². The number of hydrogen-bond donors (Lipinski definition) is 0. The molecule has 0 radical (unpaired) electrons. The maximum Gasteiger partial charge on any atom is 0.221 e. The molecule has 12 rings (SSSR count). The van der Waals surface area contributed by atoms with Crippen molar-refractivity contribution in [2.45, 2.75) is 12.3 Å². The second-order valence-electron chi connectivity index (χ2n) is 20.5. The maximum absolute atomic E-state index is 5.99. The van der Waals surface area contributed by atoms with Crippen LogP contribution in [0.2, 0.25) is 0 Å². The third kappa shape index (κ3) is 11.3. The van der Waals surface area contributed by atoms with Crippen LogP contribution in [-0.2, 0) is 0 Å². The van der Waals surface area contributed by atoms with Crippen molar-refractivity contribution in [3.63, 3.8) is 0 Å². The summed E-state index contributed by atoms with van der Waals surface area (Å²) in [6.45, 7) is 1.70. The summed E-state index contributed by atoms with van der Waals surface area (Å²) < 4.78 is 23.4. The summed E-state index contributed by atoms with van der Waals surface area (Å²) in [7, 11) is 11.9. The van der Waals surface area contributed by atoms with Gasteiger partial charge in [-0.1, -0.05) is 152 Å². The van der Waals surface area contributed by atoms with Crippen molar-refractivity contribution < 1.29 is 18.3 Å². The van der Waals surface area contributed by atoms with Crippen molar-refractivity contribution in [1.82, 2.24) is 19.8 Å². The molecule has 0 aliphatic rings. The highest BCUT2D eigenvalue weighted by molar-refractivity contribution is 6.07. The molecule has 8 nitrogen and oxygen atoms in total. The lowest BCUT2D eigenvalue weighted by Gasteiger charge is -2.26. The topological polar surface area (TPSA) is 77.0 Å². The zero-order valence-corrected chi connectivity index (χ0v) is 46.1. The lowest BCUT2D eigenvalue weighted by molar-refractivity contribution is 0.394. The van der Waals surface area contributed by atoms with Gasteiger partial charge in [0.2, 0.25) is 11.8 Å². The summed E-state index contributed by atoms with van der Waals surface area (Å²) in [5.74, 6) is 2.80. The number of benzene rings is 8. The Balaban J connectivity index is 0.000000169. The van der Waals surface area contributed by atoms with Crippen LogP contribution in [-0.4, -0.2) is 75.3 Å². The molecule has 0 aliphatic carbocycles. The van der Waals surface area contributed by atoms with Crippen molar-refractivity contribution >= 4 is 60.1 Å². The van der Waals surface area contributed by atoms with E-state index >= 15 is 0 Å². The molecule has 80 heavy (non-hydrogen) atoms. The highest BCUT2D eigenvalue weighted by Gasteiger charge is 2.27. The minimum atomic E-state index is -0.105. The molecule has 4 heterocycles. The van der Waals surface area contributed by atoms with Gasteiger partial charge in [-0.25, -0.2) is 9.97 Å². The Kier molecular flexibility index (Phi) is 15.9. The van der Waals surface area contributed by atoms with Gasteiger partial charge >= 0.3 is 0 Å². The molecule has 0 amide bonds. The van der Waals surface area contributed by atoms with Crippen LogP contribution < -0.4 is 9.47 Å². The third-order valence-electron chi connectivity index (χ3n) is 14.7. The van der Waals surface area contributed by atoms with Crippen LogP contribution in [0.4, 0.5) is 0 Å². The molecule has 0 saturated heterocycles. The normalized spacial score (nSPS) is 12.5. The predicted octanol–water partition coefficient (Wildman–Crippen LogP) is 17.0. The molecular weight excluding hydrogens is 985 g/mol. The van der Waals surface area contributed by atoms with Crippen LogP contribution in [0.1, 0.15) is 45.7 Å². The van der Waals surface area contributed by atoms with Crippen molar-refractivity contribution in [3.05, 3.63) is 270 Å². The molecule has 4 aromatic heterocycles. The number of furan rings is 2. The summed E-state index contributed by atoms with van der Waals surface area (Å²) in [5, 5.41) is 6.97. The molecule has 396 valence electrons. The zero-order chi connectivity index (χ0) is 55.0. The lowest BCUT2D eigenvalue weighted by atomic mass is 9.80. The summed E-state index contributed by atoms with van der Waals surface area (Å²) in [6.07, 6.45) is 6.62. The summed E-state index contributed by atoms with van der Waals surface area (Å²) in [4.78, 5) is 14.4. The molecule has 12 aromatic rings. The van der Waals surface area contributed by atoms with E-state index in [1.165, 1.54) is 49.4 Å². The first-order valence-corrected chi connectivity index (χ1v) is 27.1. The first-order valence-electron chi connectivity index (χ1n) is 27.1. The second-order valence-corrected chi connectivity index (χ2v) is 20.5. The van der Waals surface area contributed by atoms with Gasteiger partial charge in [-0.3, -0.25) is 0 Å². The van der Waals surface area contributed by atoms with E-state index in [-0.39, 0.29) is 5.92 Å². The van der Waals surface area contributed by atoms with Crippen molar-refractivity contribution in [3.8, 4) is 34.4 Å². The number of likely N-dealkylation sites (N-methyl/N-ethyl adjacent to an activating group) is 1. The van der Waals surface area contributed by atoms with E-state index in [1.807, 2.05) is 48.5 Å². The van der Waals surface area contributed by atoms with Gasteiger partial charge in [0.1, 0.15) is 11.5 Å². The smallest absolute Gasteiger partial charge is 0.221 e. The van der Waals surface area contributed by atoms with Gasteiger partial charge in [-0.2, -0.15) is 0 Å². The molecule has 0 bridgehead atoms. The molecule has 1 unspecified atom stereocenters. The molecule has 0 N–H and O–H groups in total. The average Bonchev–Trinajstić information content (AvgIpc) is 4.37. The average molecular weight is 1050 g/mol. The standard InChI is InChI=1S/2C36H32N2O2/c2*1-38(2)21-20-31(30-16-9-14-25-11-7-8-15-29(25)30)35(26-12-5-4-6-13-26)32-24-28-23-27(34-17-10-22-40-34)18-19-33(28)37-36(32)39-3/h4-19,22-24H,20-21H2,1-3H3;4-20,22-24,35H,21H2,1-3H3/b35-31-;31-20+. The van der Waals surface area contributed by atoms with Crippen LogP contribution >= 0.6 is 0 Å². The fourth-order valence-electron chi connectivity index (χ4n) is 10.9. The Morgan fingerprint density at radius 1 is 0.487 bits per heavy atom. The fourth-order valence-corrected chi connectivity index (χ4v) is 10.9. The first kappa shape index (κ1) is 52.7. The van der Waals surface area contributed by atoms with E-state index in [0.29, 0.717) is 11.8 Å². The molecule has 1 atom stereocenters. The number of pyridine rings is 2. The quantitative estimate of drug-likeness (QED) is 0.0886. The van der Waals surface area contributed by atoms with Gasteiger partial charge in [0.05, 0.1) is 37.8 Å². The van der Waals surface area contributed by atoms with Crippen molar-refractivity contribution in [2.75, 3.05) is 55.5 Å². The van der Waals surface area contributed by atoms with E-state index < -0.39 is 0 Å². The number of rotatable bonds is 16. The van der Waals surface area contributed by atoms with Gasteiger partial charge in [-0.15, -0.1) is 0 Å².